The molecule has 1 aromatic carbocycles. The summed E-state index contributed by atoms with van der Waals surface area (Å²) in [6.45, 7) is 11.9. The van der Waals surface area contributed by atoms with E-state index in [0.29, 0.717) is 11.3 Å². The average Bonchev–Trinajstić information content (AvgIpc) is 2.70. The zero-order chi connectivity index (χ0) is 14.6. The third-order valence-electron chi connectivity index (χ3n) is 4.90. The van der Waals surface area contributed by atoms with Crippen LogP contribution in [-0.2, 0) is 4.74 Å². The van der Waals surface area contributed by atoms with Crippen LogP contribution >= 0.6 is 0 Å². The van der Waals surface area contributed by atoms with Gasteiger partial charge in [0.2, 0.25) is 0 Å². The zero-order valence-corrected chi connectivity index (χ0v) is 13.4. The molecule has 1 aliphatic heterocycles. The van der Waals surface area contributed by atoms with Crippen molar-refractivity contribution >= 4 is 0 Å². The van der Waals surface area contributed by atoms with Crippen LogP contribution in [0.25, 0.3) is 0 Å². The van der Waals surface area contributed by atoms with Crippen LogP contribution in [0.15, 0.2) is 24.3 Å². The number of hydrogen-bond acceptors (Lipinski definition) is 2. The first-order valence-corrected chi connectivity index (χ1v) is 8.02. The molecule has 1 aliphatic rings. The lowest BCUT2D eigenvalue weighted by atomic mass is 9.83. The molecule has 1 saturated heterocycles. The fraction of sp³-hybridized carbons (Fsp3) is 0.667. The second-order valence-corrected chi connectivity index (χ2v) is 6.46. The van der Waals surface area contributed by atoms with Crippen LogP contribution in [0.4, 0.5) is 0 Å². The van der Waals surface area contributed by atoms with Gasteiger partial charge in [0, 0.05) is 18.5 Å². The van der Waals surface area contributed by atoms with Gasteiger partial charge < -0.3 is 10.1 Å². The highest BCUT2D eigenvalue weighted by atomic mass is 16.5. The Morgan fingerprint density at radius 1 is 1.20 bits per heavy atom. The summed E-state index contributed by atoms with van der Waals surface area (Å²) in [5.74, 6) is 0.588. The van der Waals surface area contributed by atoms with Crippen molar-refractivity contribution in [3.05, 3.63) is 35.4 Å². The Morgan fingerprint density at radius 3 is 2.40 bits per heavy atom. The molecule has 0 amide bonds. The highest BCUT2D eigenvalue weighted by molar-refractivity contribution is 5.26. The zero-order valence-electron chi connectivity index (χ0n) is 13.4. The molecule has 0 aromatic heterocycles. The van der Waals surface area contributed by atoms with E-state index >= 15 is 0 Å². The first-order valence-electron chi connectivity index (χ1n) is 8.02. The quantitative estimate of drug-likeness (QED) is 0.885. The molecular weight excluding hydrogens is 246 g/mol. The van der Waals surface area contributed by atoms with Gasteiger partial charge in [0.15, 0.2) is 0 Å². The highest BCUT2D eigenvalue weighted by Gasteiger charge is 2.31. The monoisotopic (exact) mass is 275 g/mol. The minimum absolute atomic E-state index is 0.191. The summed E-state index contributed by atoms with van der Waals surface area (Å²) < 4.78 is 6.22. The van der Waals surface area contributed by atoms with Crippen LogP contribution in [0.1, 0.15) is 63.7 Å². The molecule has 0 aliphatic carbocycles. The minimum Gasteiger partial charge on any atom is -0.372 e. The van der Waals surface area contributed by atoms with Gasteiger partial charge in [0.25, 0.3) is 0 Å². The molecule has 1 aromatic rings. The third kappa shape index (κ3) is 3.42. The highest BCUT2D eigenvalue weighted by Crippen LogP contribution is 2.31. The van der Waals surface area contributed by atoms with Gasteiger partial charge in [-0.3, -0.25) is 0 Å². The van der Waals surface area contributed by atoms with Crippen molar-refractivity contribution in [1.29, 1.82) is 0 Å². The number of hydrogen-bond donors (Lipinski definition) is 1. The maximum atomic E-state index is 6.22. The van der Waals surface area contributed by atoms with E-state index in [1.165, 1.54) is 24.0 Å². The van der Waals surface area contributed by atoms with Crippen molar-refractivity contribution in [3.8, 4) is 0 Å². The maximum absolute atomic E-state index is 6.22. The predicted molar refractivity (Wildman–Crippen MR) is 85.1 cm³/mol. The summed E-state index contributed by atoms with van der Waals surface area (Å²) >= 11 is 0. The summed E-state index contributed by atoms with van der Waals surface area (Å²) in [5.41, 5.74) is 3.00. The minimum atomic E-state index is 0.191. The Morgan fingerprint density at radius 2 is 1.85 bits per heavy atom. The maximum Gasteiger partial charge on any atom is 0.0949 e. The molecule has 2 heteroatoms. The van der Waals surface area contributed by atoms with E-state index in [1.54, 1.807) is 0 Å². The van der Waals surface area contributed by atoms with Crippen LogP contribution < -0.4 is 5.32 Å². The van der Waals surface area contributed by atoms with Crippen molar-refractivity contribution < 1.29 is 4.74 Å². The van der Waals surface area contributed by atoms with E-state index in [-0.39, 0.29) is 6.10 Å². The van der Waals surface area contributed by atoms with Crippen molar-refractivity contribution in [1.82, 2.24) is 5.32 Å². The molecular formula is C18H29NO. The molecule has 0 saturated carbocycles. The number of benzene rings is 1. The SMILES string of the molecule is CCC1(CC)CNCC(c2ccc(C(C)C)cc2)OC1. The first-order chi connectivity index (χ1) is 9.60. The van der Waals surface area contributed by atoms with Gasteiger partial charge in [0.05, 0.1) is 12.7 Å². The van der Waals surface area contributed by atoms with Crippen LogP contribution in [0.3, 0.4) is 0 Å². The van der Waals surface area contributed by atoms with Gasteiger partial charge >= 0.3 is 0 Å². The third-order valence-corrected chi connectivity index (χ3v) is 4.90. The molecule has 0 spiro atoms. The van der Waals surface area contributed by atoms with E-state index in [4.69, 9.17) is 4.74 Å². The summed E-state index contributed by atoms with van der Waals surface area (Å²) in [6, 6.07) is 8.93. The lowest BCUT2D eigenvalue weighted by molar-refractivity contribution is 0.0103. The number of nitrogens with one attached hydrogen (secondary N) is 1. The molecule has 1 fully saturated rings. The van der Waals surface area contributed by atoms with Gasteiger partial charge in [-0.2, -0.15) is 0 Å². The van der Waals surface area contributed by atoms with Gasteiger partial charge in [-0.15, -0.1) is 0 Å². The normalized spacial score (nSPS) is 22.8. The largest absolute Gasteiger partial charge is 0.372 e. The van der Waals surface area contributed by atoms with E-state index in [9.17, 15) is 0 Å². The molecule has 2 nitrogen and oxygen atoms in total. The van der Waals surface area contributed by atoms with Crippen LogP contribution in [0.5, 0.6) is 0 Å². The number of ether oxygens (including phenoxy) is 1. The van der Waals surface area contributed by atoms with Crippen LogP contribution in [0, 0.1) is 5.41 Å². The molecule has 1 atom stereocenters. The Labute approximate surface area is 123 Å². The molecule has 20 heavy (non-hydrogen) atoms. The lowest BCUT2D eigenvalue weighted by Crippen LogP contribution is -2.34. The van der Waals surface area contributed by atoms with E-state index in [2.05, 4.69) is 57.3 Å². The summed E-state index contributed by atoms with van der Waals surface area (Å²) in [7, 11) is 0. The van der Waals surface area contributed by atoms with Gasteiger partial charge in [0.1, 0.15) is 0 Å². The van der Waals surface area contributed by atoms with Gasteiger partial charge in [-0.05, 0) is 29.9 Å². The molecule has 1 N–H and O–H groups in total. The molecule has 1 unspecified atom stereocenters. The fourth-order valence-corrected chi connectivity index (χ4v) is 2.87. The van der Waals surface area contributed by atoms with Crippen molar-refractivity contribution in [2.24, 2.45) is 5.41 Å². The van der Waals surface area contributed by atoms with Crippen molar-refractivity contribution in [2.75, 3.05) is 19.7 Å². The van der Waals surface area contributed by atoms with E-state index < -0.39 is 0 Å². The summed E-state index contributed by atoms with van der Waals surface area (Å²) in [4.78, 5) is 0. The topological polar surface area (TPSA) is 21.3 Å². The van der Waals surface area contributed by atoms with Crippen molar-refractivity contribution in [3.63, 3.8) is 0 Å². The standard InChI is InChI=1S/C18H29NO/c1-5-18(6-2)12-19-11-17(20-13-18)16-9-7-15(8-10-16)14(3)4/h7-10,14,17,19H,5-6,11-13H2,1-4H3. The van der Waals surface area contributed by atoms with E-state index in [1.807, 2.05) is 0 Å². The summed E-state index contributed by atoms with van der Waals surface area (Å²) in [5, 5.41) is 3.60. The summed E-state index contributed by atoms with van der Waals surface area (Å²) in [6.07, 6.45) is 2.54. The Kier molecular flexibility index (Phi) is 5.22. The Hall–Kier alpha value is -0.860. The first kappa shape index (κ1) is 15.5. The second kappa shape index (κ2) is 6.73. The molecule has 0 radical (unpaired) electrons. The van der Waals surface area contributed by atoms with Crippen LogP contribution in [0.2, 0.25) is 0 Å². The van der Waals surface area contributed by atoms with Gasteiger partial charge in [-0.1, -0.05) is 52.0 Å². The van der Waals surface area contributed by atoms with Gasteiger partial charge in [-0.25, -0.2) is 0 Å². The fourth-order valence-electron chi connectivity index (χ4n) is 2.87. The molecule has 1 heterocycles. The van der Waals surface area contributed by atoms with Crippen LogP contribution in [-0.4, -0.2) is 19.7 Å². The number of rotatable bonds is 4. The lowest BCUT2D eigenvalue weighted by Gasteiger charge is -2.29. The van der Waals surface area contributed by atoms with Crippen molar-refractivity contribution in [2.45, 2.75) is 52.6 Å². The predicted octanol–water partition coefficient (Wildman–Crippen LogP) is 4.28. The van der Waals surface area contributed by atoms with E-state index in [0.717, 1.165) is 19.7 Å². The second-order valence-electron chi connectivity index (χ2n) is 6.46. The average molecular weight is 275 g/mol. The Balaban J connectivity index is 2.06. The molecule has 0 bridgehead atoms. The Bertz CT molecular complexity index is 406. The smallest absolute Gasteiger partial charge is 0.0949 e. The molecule has 2 rings (SSSR count). The molecule has 112 valence electrons.